The zero-order chi connectivity index (χ0) is 19.4. The molecule has 3 rings (SSSR count). The second-order valence-electron chi connectivity index (χ2n) is 6.22. The maximum absolute atomic E-state index is 12.0. The van der Waals surface area contributed by atoms with Crippen LogP contribution in [-0.4, -0.2) is 23.3 Å². The summed E-state index contributed by atoms with van der Waals surface area (Å²) in [6.45, 7) is 5.28. The molecular weight excluding hydrogens is 360 g/mol. The maximum Gasteiger partial charge on any atom is 0.262 e. The zero-order valence-electron chi connectivity index (χ0n) is 15.4. The number of hydrogen-bond donors (Lipinski definition) is 1. The second kappa shape index (κ2) is 8.14. The number of anilines is 1. The Labute approximate surface area is 162 Å². The smallest absolute Gasteiger partial charge is 0.262 e. The first-order valence-electron chi connectivity index (χ1n) is 8.50. The fourth-order valence-electron chi connectivity index (χ4n) is 2.61. The van der Waals surface area contributed by atoms with Crippen LogP contribution in [0.4, 0.5) is 5.69 Å². The Morgan fingerprint density at radius 1 is 1.11 bits per heavy atom. The molecule has 0 bridgehead atoms. The summed E-state index contributed by atoms with van der Waals surface area (Å²) in [7, 11) is 0. The number of hydrogen-bond acceptors (Lipinski definition) is 5. The second-order valence-corrected chi connectivity index (χ2v) is 7.22. The van der Waals surface area contributed by atoms with E-state index in [1.807, 2.05) is 50.2 Å². The number of aryl methyl sites for hydroxylation is 2. The third-order valence-electron chi connectivity index (χ3n) is 3.89. The average molecular weight is 380 g/mol. The van der Waals surface area contributed by atoms with Gasteiger partial charge in [0.05, 0.1) is 10.6 Å². The molecule has 0 radical (unpaired) electrons. The number of benzene rings is 2. The number of Topliss-reactive ketones (excluding diaryl/α,β-unsaturated/α-hetero) is 1. The third-order valence-corrected chi connectivity index (χ3v) is 5.20. The van der Waals surface area contributed by atoms with Gasteiger partial charge in [0.1, 0.15) is 10.8 Å². The molecule has 0 aliphatic rings. The van der Waals surface area contributed by atoms with Crippen molar-refractivity contribution >= 4 is 28.7 Å². The molecule has 3 aromatic rings. The van der Waals surface area contributed by atoms with Crippen LogP contribution in [0, 0.1) is 13.8 Å². The average Bonchev–Trinajstić information content (AvgIpc) is 3.02. The molecule has 0 fully saturated rings. The molecule has 6 heteroatoms. The third kappa shape index (κ3) is 4.80. The quantitative estimate of drug-likeness (QED) is 0.632. The highest BCUT2D eigenvalue weighted by Gasteiger charge is 2.13. The molecule has 1 aromatic heterocycles. The van der Waals surface area contributed by atoms with Crippen molar-refractivity contribution in [3.05, 3.63) is 64.7 Å². The minimum atomic E-state index is -0.216. The van der Waals surface area contributed by atoms with Crippen molar-refractivity contribution in [1.82, 2.24) is 4.98 Å². The summed E-state index contributed by atoms with van der Waals surface area (Å²) in [5.41, 5.74) is 3.48. The van der Waals surface area contributed by atoms with E-state index in [4.69, 9.17) is 4.74 Å². The molecule has 0 spiro atoms. The van der Waals surface area contributed by atoms with E-state index < -0.39 is 0 Å². The fraction of sp³-hybridized carbons (Fsp3) is 0.190. The van der Waals surface area contributed by atoms with Gasteiger partial charge in [-0.2, -0.15) is 0 Å². The topological polar surface area (TPSA) is 68.3 Å². The molecule has 2 aromatic carbocycles. The van der Waals surface area contributed by atoms with Crippen molar-refractivity contribution in [1.29, 1.82) is 0 Å². The Morgan fingerprint density at radius 2 is 1.85 bits per heavy atom. The van der Waals surface area contributed by atoms with Crippen LogP contribution in [0.3, 0.4) is 0 Å². The largest absolute Gasteiger partial charge is 0.484 e. The van der Waals surface area contributed by atoms with Gasteiger partial charge in [0.25, 0.3) is 5.91 Å². The lowest BCUT2D eigenvalue weighted by molar-refractivity contribution is -0.118. The van der Waals surface area contributed by atoms with Crippen LogP contribution in [0.25, 0.3) is 10.6 Å². The number of aromatic nitrogens is 1. The summed E-state index contributed by atoms with van der Waals surface area (Å²) >= 11 is 1.38. The normalized spacial score (nSPS) is 10.5. The molecule has 27 heavy (non-hydrogen) atoms. The summed E-state index contributed by atoms with van der Waals surface area (Å²) in [5.74, 6) is 0.403. The van der Waals surface area contributed by atoms with Crippen LogP contribution in [0.2, 0.25) is 0 Å². The van der Waals surface area contributed by atoms with Gasteiger partial charge >= 0.3 is 0 Å². The number of nitrogens with one attached hydrogen (secondary N) is 1. The minimum Gasteiger partial charge on any atom is -0.484 e. The highest BCUT2D eigenvalue weighted by atomic mass is 32.1. The summed E-state index contributed by atoms with van der Waals surface area (Å²) in [6, 6.07) is 14.9. The molecule has 0 unspecified atom stereocenters. The Kier molecular flexibility index (Phi) is 5.66. The van der Waals surface area contributed by atoms with Crippen molar-refractivity contribution < 1.29 is 14.3 Å². The van der Waals surface area contributed by atoms with Crippen molar-refractivity contribution in [2.75, 3.05) is 11.9 Å². The lowest BCUT2D eigenvalue weighted by Gasteiger charge is -2.08. The first-order valence-corrected chi connectivity index (χ1v) is 9.32. The SMILES string of the molecule is CC(=O)c1sc(-c2ccc(OCC(=O)Nc3cccc(C)c3)cc2)nc1C. The molecule has 0 saturated heterocycles. The van der Waals surface area contributed by atoms with Crippen LogP contribution in [-0.2, 0) is 4.79 Å². The van der Waals surface area contributed by atoms with E-state index in [0.717, 1.165) is 27.5 Å². The van der Waals surface area contributed by atoms with Crippen molar-refractivity contribution in [3.8, 4) is 16.3 Å². The Morgan fingerprint density at radius 3 is 2.48 bits per heavy atom. The lowest BCUT2D eigenvalue weighted by atomic mass is 10.2. The monoisotopic (exact) mass is 380 g/mol. The molecule has 5 nitrogen and oxygen atoms in total. The van der Waals surface area contributed by atoms with Crippen molar-refractivity contribution in [2.45, 2.75) is 20.8 Å². The van der Waals surface area contributed by atoms with E-state index in [-0.39, 0.29) is 18.3 Å². The minimum absolute atomic E-state index is 0.0239. The number of ether oxygens (including phenoxy) is 1. The predicted molar refractivity (Wildman–Crippen MR) is 108 cm³/mol. The van der Waals surface area contributed by atoms with Crippen LogP contribution in [0.1, 0.15) is 27.9 Å². The zero-order valence-corrected chi connectivity index (χ0v) is 16.2. The highest BCUT2D eigenvalue weighted by Crippen LogP contribution is 2.29. The van der Waals surface area contributed by atoms with Gasteiger partial charge in [-0.3, -0.25) is 9.59 Å². The molecule has 0 aliphatic heterocycles. The summed E-state index contributed by atoms with van der Waals surface area (Å²) in [6.07, 6.45) is 0. The number of thiazole rings is 1. The van der Waals surface area contributed by atoms with E-state index in [1.165, 1.54) is 11.3 Å². The van der Waals surface area contributed by atoms with Crippen molar-refractivity contribution in [3.63, 3.8) is 0 Å². The molecule has 1 amide bonds. The van der Waals surface area contributed by atoms with Gasteiger partial charge in [-0.25, -0.2) is 4.98 Å². The molecule has 0 saturated carbocycles. The van der Waals surface area contributed by atoms with Crippen molar-refractivity contribution in [2.24, 2.45) is 0 Å². The Balaban J connectivity index is 1.60. The van der Waals surface area contributed by atoms with Gasteiger partial charge in [-0.15, -0.1) is 11.3 Å². The molecule has 0 aliphatic carbocycles. The molecule has 1 N–H and O–H groups in total. The highest BCUT2D eigenvalue weighted by molar-refractivity contribution is 7.17. The Bertz CT molecular complexity index is 977. The first kappa shape index (κ1) is 18.8. The molecule has 138 valence electrons. The lowest BCUT2D eigenvalue weighted by Crippen LogP contribution is -2.20. The van der Waals surface area contributed by atoms with E-state index in [9.17, 15) is 9.59 Å². The predicted octanol–water partition coefficient (Wildman–Crippen LogP) is 4.65. The molecule has 1 heterocycles. The fourth-order valence-corrected chi connectivity index (χ4v) is 3.58. The Hall–Kier alpha value is -2.99. The van der Waals surface area contributed by atoms with Gasteiger partial charge in [-0.1, -0.05) is 12.1 Å². The number of nitrogens with zero attached hydrogens (tertiary/aromatic N) is 1. The van der Waals surface area contributed by atoms with Crippen LogP contribution in [0.15, 0.2) is 48.5 Å². The van der Waals surface area contributed by atoms with E-state index in [2.05, 4.69) is 10.3 Å². The first-order chi connectivity index (χ1) is 12.9. The summed E-state index contributed by atoms with van der Waals surface area (Å²) < 4.78 is 5.55. The van der Waals surface area contributed by atoms with Gasteiger partial charge in [0.2, 0.25) is 0 Å². The van der Waals surface area contributed by atoms with E-state index >= 15 is 0 Å². The van der Waals surface area contributed by atoms with Gasteiger partial charge < -0.3 is 10.1 Å². The van der Waals surface area contributed by atoms with Gasteiger partial charge in [0.15, 0.2) is 12.4 Å². The standard InChI is InChI=1S/C21H20N2O3S/c1-13-5-4-6-17(11-13)23-19(25)12-26-18-9-7-16(8-10-18)21-22-14(2)20(27-21)15(3)24/h4-11H,12H2,1-3H3,(H,23,25). The number of carbonyl (C=O) groups is 2. The van der Waals surface area contributed by atoms with Crippen LogP contribution >= 0.6 is 11.3 Å². The number of ketones is 1. The number of amides is 1. The summed E-state index contributed by atoms with van der Waals surface area (Å²) in [5, 5.41) is 3.60. The summed E-state index contributed by atoms with van der Waals surface area (Å²) in [4.78, 5) is 28.7. The van der Waals surface area contributed by atoms with E-state index in [0.29, 0.717) is 10.6 Å². The van der Waals surface area contributed by atoms with Gasteiger partial charge in [0, 0.05) is 18.2 Å². The number of carbonyl (C=O) groups excluding carboxylic acids is 2. The maximum atomic E-state index is 12.0. The van der Waals surface area contributed by atoms with Crippen LogP contribution < -0.4 is 10.1 Å². The molecule has 0 atom stereocenters. The van der Waals surface area contributed by atoms with Crippen LogP contribution in [0.5, 0.6) is 5.75 Å². The van der Waals surface area contributed by atoms with E-state index in [1.54, 1.807) is 19.1 Å². The van der Waals surface area contributed by atoms with Gasteiger partial charge in [-0.05, 0) is 55.8 Å². The number of rotatable bonds is 6. The molecular formula is C21H20N2O3S.